The summed E-state index contributed by atoms with van der Waals surface area (Å²) in [5, 5.41) is 6.02. The molecule has 5 heteroatoms. The third-order valence-electron chi connectivity index (χ3n) is 3.16. The molecule has 0 aliphatic rings. The predicted molar refractivity (Wildman–Crippen MR) is 88.2 cm³/mol. The molecular weight excluding hydrogens is 286 g/mol. The number of anilines is 1. The number of nitrogens with one attached hydrogen (secondary N) is 2. The molecule has 0 saturated carbocycles. The summed E-state index contributed by atoms with van der Waals surface area (Å²) in [6.45, 7) is 2.72. The van der Waals surface area contributed by atoms with Gasteiger partial charge in [-0.1, -0.05) is 18.2 Å². The van der Waals surface area contributed by atoms with Crippen LogP contribution in [0.2, 0.25) is 0 Å². The molecule has 0 unspecified atom stereocenters. The monoisotopic (exact) mass is 305 g/mol. The van der Waals surface area contributed by atoms with Crippen molar-refractivity contribution in [1.82, 2.24) is 10.3 Å². The van der Waals surface area contributed by atoms with Crippen molar-refractivity contribution < 1.29 is 4.79 Å². The van der Waals surface area contributed by atoms with Crippen LogP contribution in [0.4, 0.5) is 5.69 Å². The number of aryl methyl sites for hydroxylation is 1. The maximum absolute atomic E-state index is 12.4. The van der Waals surface area contributed by atoms with Crippen LogP contribution in [0.5, 0.6) is 0 Å². The highest BCUT2D eigenvalue weighted by molar-refractivity contribution is 6.05. The minimum absolute atomic E-state index is 0. The van der Waals surface area contributed by atoms with Gasteiger partial charge in [0.1, 0.15) is 0 Å². The zero-order chi connectivity index (χ0) is 14.4. The summed E-state index contributed by atoms with van der Waals surface area (Å²) in [6, 6.07) is 11.4. The maximum Gasteiger partial charge on any atom is 0.255 e. The highest BCUT2D eigenvalue weighted by atomic mass is 35.5. The molecule has 4 nitrogen and oxygen atoms in total. The number of amides is 1. The number of hydrogen-bond donors (Lipinski definition) is 2. The van der Waals surface area contributed by atoms with Gasteiger partial charge in [-0.15, -0.1) is 12.4 Å². The second-order valence-electron chi connectivity index (χ2n) is 4.60. The first-order valence-electron chi connectivity index (χ1n) is 6.68. The van der Waals surface area contributed by atoms with Gasteiger partial charge >= 0.3 is 0 Å². The SMILES string of the molecule is CNCCc1ccccc1C(=O)Nc1cccnc1C.Cl. The van der Waals surface area contributed by atoms with Crippen LogP contribution in [0.25, 0.3) is 0 Å². The molecule has 1 aromatic carbocycles. The number of benzene rings is 1. The van der Waals surface area contributed by atoms with Crippen molar-refractivity contribution >= 4 is 24.0 Å². The van der Waals surface area contributed by atoms with Crippen molar-refractivity contribution in [3.63, 3.8) is 0 Å². The van der Waals surface area contributed by atoms with Gasteiger partial charge in [-0.2, -0.15) is 0 Å². The van der Waals surface area contributed by atoms with Crippen LogP contribution in [0, 0.1) is 6.92 Å². The Morgan fingerprint density at radius 2 is 1.95 bits per heavy atom. The van der Waals surface area contributed by atoms with Gasteiger partial charge in [-0.25, -0.2) is 0 Å². The van der Waals surface area contributed by atoms with Crippen molar-refractivity contribution in [3.8, 4) is 0 Å². The number of likely N-dealkylation sites (N-methyl/N-ethyl adjacent to an activating group) is 1. The van der Waals surface area contributed by atoms with Crippen LogP contribution >= 0.6 is 12.4 Å². The van der Waals surface area contributed by atoms with Gasteiger partial charge in [0.15, 0.2) is 0 Å². The number of carbonyl (C=O) groups is 1. The standard InChI is InChI=1S/C16H19N3O.ClH/c1-12-15(8-5-10-18-12)19-16(20)14-7-4-3-6-13(14)9-11-17-2;/h3-8,10,17H,9,11H2,1-2H3,(H,19,20);1H. The lowest BCUT2D eigenvalue weighted by Gasteiger charge is -2.11. The maximum atomic E-state index is 12.4. The molecular formula is C16H20ClN3O. The van der Waals surface area contributed by atoms with Crippen molar-refractivity contribution in [2.45, 2.75) is 13.3 Å². The number of rotatable bonds is 5. The van der Waals surface area contributed by atoms with E-state index in [2.05, 4.69) is 15.6 Å². The molecule has 1 amide bonds. The quantitative estimate of drug-likeness (QED) is 0.893. The molecule has 21 heavy (non-hydrogen) atoms. The number of carbonyl (C=O) groups excluding carboxylic acids is 1. The normalized spacial score (nSPS) is 9.81. The Bertz CT molecular complexity index is 602. The van der Waals surface area contributed by atoms with Crippen LogP contribution in [0.3, 0.4) is 0 Å². The van der Waals surface area contributed by atoms with E-state index in [-0.39, 0.29) is 18.3 Å². The lowest BCUT2D eigenvalue weighted by molar-refractivity contribution is 0.102. The Kier molecular flexibility index (Phi) is 6.85. The van der Waals surface area contributed by atoms with Gasteiger partial charge in [-0.3, -0.25) is 9.78 Å². The Balaban J connectivity index is 0.00000220. The molecule has 2 rings (SSSR count). The zero-order valence-electron chi connectivity index (χ0n) is 12.2. The van der Waals surface area contributed by atoms with Gasteiger partial charge in [0.25, 0.3) is 5.91 Å². The van der Waals surface area contributed by atoms with Crippen LogP contribution in [-0.4, -0.2) is 24.5 Å². The van der Waals surface area contributed by atoms with Crippen molar-refractivity contribution in [2.24, 2.45) is 0 Å². The Labute approximate surface area is 131 Å². The lowest BCUT2D eigenvalue weighted by atomic mass is 10.0. The highest BCUT2D eigenvalue weighted by Crippen LogP contribution is 2.15. The lowest BCUT2D eigenvalue weighted by Crippen LogP contribution is -2.17. The summed E-state index contributed by atoms with van der Waals surface area (Å²) in [5.41, 5.74) is 3.32. The zero-order valence-corrected chi connectivity index (χ0v) is 13.0. The number of halogens is 1. The second-order valence-corrected chi connectivity index (χ2v) is 4.60. The fraction of sp³-hybridized carbons (Fsp3) is 0.250. The van der Waals surface area contributed by atoms with Crippen LogP contribution in [-0.2, 0) is 6.42 Å². The van der Waals surface area contributed by atoms with E-state index in [1.807, 2.05) is 50.4 Å². The van der Waals surface area contributed by atoms with E-state index in [1.54, 1.807) is 6.20 Å². The predicted octanol–water partition coefficient (Wildman–Crippen LogP) is 2.83. The smallest absolute Gasteiger partial charge is 0.255 e. The highest BCUT2D eigenvalue weighted by Gasteiger charge is 2.11. The van der Waals surface area contributed by atoms with E-state index in [0.717, 1.165) is 29.9 Å². The number of nitrogens with zero attached hydrogens (tertiary/aromatic N) is 1. The molecule has 0 radical (unpaired) electrons. The van der Waals surface area contributed by atoms with E-state index in [9.17, 15) is 4.79 Å². The van der Waals surface area contributed by atoms with Gasteiger partial charge in [0, 0.05) is 11.8 Å². The van der Waals surface area contributed by atoms with E-state index in [4.69, 9.17) is 0 Å². The summed E-state index contributed by atoms with van der Waals surface area (Å²) < 4.78 is 0. The molecule has 0 spiro atoms. The summed E-state index contributed by atoms with van der Waals surface area (Å²) >= 11 is 0. The average molecular weight is 306 g/mol. The van der Waals surface area contributed by atoms with Gasteiger partial charge in [-0.05, 0) is 50.7 Å². The topological polar surface area (TPSA) is 54.0 Å². The Hall–Kier alpha value is -1.91. The molecule has 0 fully saturated rings. The Morgan fingerprint density at radius 1 is 1.19 bits per heavy atom. The number of aromatic nitrogens is 1. The molecule has 1 aromatic heterocycles. The van der Waals surface area contributed by atoms with Gasteiger partial charge in [0.05, 0.1) is 11.4 Å². The largest absolute Gasteiger partial charge is 0.320 e. The van der Waals surface area contributed by atoms with Crippen LogP contribution in [0.1, 0.15) is 21.6 Å². The minimum Gasteiger partial charge on any atom is -0.320 e. The molecule has 2 N–H and O–H groups in total. The summed E-state index contributed by atoms with van der Waals surface area (Å²) in [6.07, 6.45) is 2.54. The molecule has 0 aliphatic heterocycles. The summed E-state index contributed by atoms with van der Waals surface area (Å²) in [4.78, 5) is 16.6. The molecule has 0 atom stereocenters. The first-order valence-corrected chi connectivity index (χ1v) is 6.68. The molecule has 2 aromatic rings. The van der Waals surface area contributed by atoms with Crippen molar-refractivity contribution in [3.05, 3.63) is 59.4 Å². The van der Waals surface area contributed by atoms with E-state index >= 15 is 0 Å². The molecule has 0 bridgehead atoms. The van der Waals surface area contributed by atoms with Crippen LogP contribution < -0.4 is 10.6 Å². The summed E-state index contributed by atoms with van der Waals surface area (Å²) in [7, 11) is 1.90. The average Bonchev–Trinajstić information content (AvgIpc) is 2.47. The number of pyridine rings is 1. The molecule has 0 aliphatic carbocycles. The molecule has 112 valence electrons. The Morgan fingerprint density at radius 3 is 2.67 bits per heavy atom. The third-order valence-corrected chi connectivity index (χ3v) is 3.16. The first kappa shape index (κ1) is 17.1. The van der Waals surface area contributed by atoms with E-state index in [0.29, 0.717) is 5.56 Å². The molecule has 0 saturated heterocycles. The van der Waals surface area contributed by atoms with Crippen LogP contribution in [0.15, 0.2) is 42.6 Å². The number of hydrogen-bond acceptors (Lipinski definition) is 3. The summed E-state index contributed by atoms with van der Waals surface area (Å²) in [5.74, 6) is -0.0900. The fourth-order valence-electron chi connectivity index (χ4n) is 2.03. The van der Waals surface area contributed by atoms with Gasteiger partial charge < -0.3 is 10.6 Å². The van der Waals surface area contributed by atoms with Gasteiger partial charge in [0.2, 0.25) is 0 Å². The van der Waals surface area contributed by atoms with E-state index in [1.165, 1.54) is 0 Å². The van der Waals surface area contributed by atoms with Crippen molar-refractivity contribution in [1.29, 1.82) is 0 Å². The van der Waals surface area contributed by atoms with Crippen molar-refractivity contribution in [2.75, 3.05) is 18.9 Å². The fourth-order valence-corrected chi connectivity index (χ4v) is 2.03. The van der Waals surface area contributed by atoms with E-state index < -0.39 is 0 Å². The molecule has 1 heterocycles. The second kappa shape index (κ2) is 8.39. The minimum atomic E-state index is -0.0900. The first-order chi connectivity index (χ1) is 9.72. The third kappa shape index (κ3) is 4.55.